The average Bonchev–Trinajstić information content (AvgIpc) is 2.72. The van der Waals surface area contributed by atoms with E-state index in [1.807, 2.05) is 17.0 Å². The summed E-state index contributed by atoms with van der Waals surface area (Å²) in [6.45, 7) is 1.11. The Bertz CT molecular complexity index is 465. The Hall–Kier alpha value is -1.75. The zero-order valence-electron chi connectivity index (χ0n) is 12.3. The number of ether oxygens (including phenoxy) is 1. The van der Waals surface area contributed by atoms with Crippen molar-refractivity contribution in [1.29, 1.82) is 0 Å². The van der Waals surface area contributed by atoms with Gasteiger partial charge in [-0.2, -0.15) is 0 Å². The molecule has 1 heterocycles. The van der Waals surface area contributed by atoms with Crippen LogP contribution in [-0.2, 0) is 4.79 Å². The minimum absolute atomic E-state index is 0.0348. The van der Waals surface area contributed by atoms with E-state index in [9.17, 15) is 9.90 Å². The van der Waals surface area contributed by atoms with Gasteiger partial charge in [-0.15, -0.1) is 0 Å². The third-order valence-electron chi connectivity index (χ3n) is 3.85. The molecule has 21 heavy (non-hydrogen) atoms. The maximum Gasteiger partial charge on any atom is 0.226 e. The van der Waals surface area contributed by atoms with Crippen molar-refractivity contribution in [2.24, 2.45) is 0 Å². The zero-order valence-corrected chi connectivity index (χ0v) is 12.3. The Morgan fingerprint density at radius 1 is 1.38 bits per heavy atom. The molecule has 5 heteroatoms. The summed E-state index contributed by atoms with van der Waals surface area (Å²) in [6, 6.07) is 7.15. The van der Waals surface area contributed by atoms with E-state index >= 15 is 0 Å². The highest BCUT2D eigenvalue weighted by Crippen LogP contribution is 2.18. The van der Waals surface area contributed by atoms with E-state index in [1.165, 1.54) is 0 Å². The molecular weight excluding hydrogens is 268 g/mol. The monoisotopic (exact) mass is 292 g/mol. The van der Waals surface area contributed by atoms with Gasteiger partial charge in [0.2, 0.25) is 5.91 Å². The Morgan fingerprint density at radius 3 is 3.00 bits per heavy atom. The van der Waals surface area contributed by atoms with Crippen LogP contribution < -0.4 is 10.5 Å². The van der Waals surface area contributed by atoms with Crippen LogP contribution in [-0.4, -0.2) is 41.7 Å². The fraction of sp³-hybridized carbons (Fsp3) is 0.562. The summed E-state index contributed by atoms with van der Waals surface area (Å²) in [7, 11) is 0. The first-order chi connectivity index (χ1) is 10.2. The number of carbonyl (C=O) groups is 1. The van der Waals surface area contributed by atoms with Crippen molar-refractivity contribution in [3.63, 3.8) is 0 Å². The van der Waals surface area contributed by atoms with Gasteiger partial charge in [0.15, 0.2) is 0 Å². The molecule has 116 valence electrons. The summed E-state index contributed by atoms with van der Waals surface area (Å²) >= 11 is 0. The van der Waals surface area contributed by atoms with Gasteiger partial charge < -0.3 is 20.5 Å². The van der Waals surface area contributed by atoms with E-state index in [-0.39, 0.29) is 18.6 Å². The molecule has 0 radical (unpaired) electrons. The van der Waals surface area contributed by atoms with Crippen molar-refractivity contribution >= 4 is 11.6 Å². The van der Waals surface area contributed by atoms with Gasteiger partial charge in [-0.3, -0.25) is 4.79 Å². The molecule has 0 saturated carbocycles. The number of hydrogen-bond acceptors (Lipinski definition) is 4. The van der Waals surface area contributed by atoms with E-state index in [0.29, 0.717) is 24.5 Å². The lowest BCUT2D eigenvalue weighted by atomic mass is 10.1. The summed E-state index contributed by atoms with van der Waals surface area (Å²) in [5.41, 5.74) is 6.32. The number of likely N-dealkylation sites (tertiary alicyclic amines) is 1. The minimum Gasteiger partial charge on any atom is -0.493 e. The maximum atomic E-state index is 12.3. The SMILES string of the molecule is Nc1cccc(OCCC(=O)N2CCCCCC2CO)c1. The molecular formula is C16H24N2O3. The molecule has 1 fully saturated rings. The molecule has 3 N–H and O–H groups in total. The van der Waals surface area contributed by atoms with Crippen LogP contribution >= 0.6 is 0 Å². The Balaban J connectivity index is 1.82. The fourth-order valence-corrected chi connectivity index (χ4v) is 2.70. The number of aliphatic hydroxyl groups is 1. The van der Waals surface area contributed by atoms with Crippen molar-refractivity contribution in [3.05, 3.63) is 24.3 Å². The molecule has 1 unspecified atom stereocenters. The van der Waals surface area contributed by atoms with Crippen molar-refractivity contribution in [1.82, 2.24) is 4.90 Å². The number of hydrogen-bond donors (Lipinski definition) is 2. The lowest BCUT2D eigenvalue weighted by molar-refractivity contribution is -0.134. The molecule has 2 rings (SSSR count). The van der Waals surface area contributed by atoms with Gasteiger partial charge in [0, 0.05) is 18.3 Å². The first-order valence-electron chi connectivity index (χ1n) is 7.59. The van der Waals surface area contributed by atoms with Crippen LogP contribution in [0.2, 0.25) is 0 Å². The number of carbonyl (C=O) groups excluding carboxylic acids is 1. The van der Waals surface area contributed by atoms with E-state index in [2.05, 4.69) is 0 Å². The van der Waals surface area contributed by atoms with E-state index < -0.39 is 0 Å². The first-order valence-corrected chi connectivity index (χ1v) is 7.59. The van der Waals surface area contributed by atoms with Crippen molar-refractivity contribution in [3.8, 4) is 5.75 Å². The lowest BCUT2D eigenvalue weighted by Crippen LogP contribution is -2.42. The second-order valence-corrected chi connectivity index (χ2v) is 5.44. The molecule has 0 spiro atoms. The van der Waals surface area contributed by atoms with Gasteiger partial charge in [0.05, 0.1) is 25.7 Å². The second kappa shape index (κ2) is 7.88. The maximum absolute atomic E-state index is 12.3. The number of nitrogens with two attached hydrogens (primary N) is 1. The van der Waals surface area contributed by atoms with Gasteiger partial charge in [-0.25, -0.2) is 0 Å². The third-order valence-corrected chi connectivity index (χ3v) is 3.85. The molecule has 5 nitrogen and oxygen atoms in total. The Morgan fingerprint density at radius 2 is 2.24 bits per heavy atom. The van der Waals surface area contributed by atoms with Crippen LogP contribution in [0.15, 0.2) is 24.3 Å². The molecule has 0 aliphatic carbocycles. The number of aliphatic hydroxyl groups excluding tert-OH is 1. The van der Waals surface area contributed by atoms with Crippen molar-refractivity contribution in [2.45, 2.75) is 38.1 Å². The minimum atomic E-state index is -0.0348. The average molecular weight is 292 g/mol. The molecule has 1 atom stereocenters. The first kappa shape index (κ1) is 15.6. The summed E-state index contributed by atoms with van der Waals surface area (Å²) in [4.78, 5) is 14.1. The Kier molecular flexibility index (Phi) is 5.87. The number of amides is 1. The van der Waals surface area contributed by atoms with Crippen molar-refractivity contribution < 1.29 is 14.6 Å². The predicted molar refractivity (Wildman–Crippen MR) is 82.0 cm³/mol. The Labute approximate surface area is 125 Å². The molecule has 0 aromatic heterocycles. The van der Waals surface area contributed by atoms with Gasteiger partial charge in [0.1, 0.15) is 5.75 Å². The fourth-order valence-electron chi connectivity index (χ4n) is 2.70. The zero-order chi connectivity index (χ0) is 15.1. The topological polar surface area (TPSA) is 75.8 Å². The number of anilines is 1. The normalized spacial score (nSPS) is 19.1. The molecule has 1 aliphatic rings. The van der Waals surface area contributed by atoms with Crippen LogP contribution in [0.4, 0.5) is 5.69 Å². The summed E-state index contributed by atoms with van der Waals surface area (Å²) in [6.07, 6.45) is 4.43. The predicted octanol–water partition coefficient (Wildman–Crippen LogP) is 1.80. The van der Waals surface area contributed by atoms with Gasteiger partial charge in [-0.05, 0) is 25.0 Å². The molecule has 1 amide bonds. The van der Waals surface area contributed by atoms with Gasteiger partial charge >= 0.3 is 0 Å². The van der Waals surface area contributed by atoms with E-state index in [1.54, 1.807) is 12.1 Å². The van der Waals surface area contributed by atoms with Gasteiger partial charge in [-0.1, -0.05) is 18.9 Å². The summed E-state index contributed by atoms with van der Waals surface area (Å²) in [5, 5.41) is 9.43. The highest BCUT2D eigenvalue weighted by molar-refractivity contribution is 5.76. The molecule has 1 aromatic rings. The highest BCUT2D eigenvalue weighted by atomic mass is 16.5. The summed E-state index contributed by atoms with van der Waals surface area (Å²) in [5.74, 6) is 0.734. The second-order valence-electron chi connectivity index (χ2n) is 5.44. The standard InChI is InChI=1S/C16H24N2O3/c17-13-5-4-7-15(11-13)21-10-8-16(20)18-9-3-1-2-6-14(18)12-19/h4-5,7,11,14,19H,1-3,6,8-10,12,17H2. The highest BCUT2D eigenvalue weighted by Gasteiger charge is 2.24. The van der Waals surface area contributed by atoms with E-state index in [0.717, 1.165) is 32.2 Å². The van der Waals surface area contributed by atoms with E-state index in [4.69, 9.17) is 10.5 Å². The number of rotatable bonds is 5. The van der Waals surface area contributed by atoms with Crippen LogP contribution in [0.5, 0.6) is 5.75 Å². The number of nitrogens with zero attached hydrogens (tertiary/aromatic N) is 1. The van der Waals surface area contributed by atoms with Crippen LogP contribution in [0.1, 0.15) is 32.1 Å². The van der Waals surface area contributed by atoms with Crippen LogP contribution in [0, 0.1) is 0 Å². The third kappa shape index (κ3) is 4.63. The lowest BCUT2D eigenvalue weighted by Gasteiger charge is -2.28. The molecule has 0 bridgehead atoms. The van der Waals surface area contributed by atoms with Gasteiger partial charge in [0.25, 0.3) is 0 Å². The number of benzene rings is 1. The molecule has 1 aromatic carbocycles. The smallest absolute Gasteiger partial charge is 0.226 e. The van der Waals surface area contributed by atoms with Crippen molar-refractivity contribution in [2.75, 3.05) is 25.5 Å². The number of nitrogen functional groups attached to an aromatic ring is 1. The van der Waals surface area contributed by atoms with Crippen LogP contribution in [0.3, 0.4) is 0 Å². The van der Waals surface area contributed by atoms with Crippen LogP contribution in [0.25, 0.3) is 0 Å². The molecule has 1 saturated heterocycles. The quantitative estimate of drug-likeness (QED) is 0.811. The summed E-state index contributed by atoms with van der Waals surface area (Å²) < 4.78 is 5.56. The molecule has 1 aliphatic heterocycles. The largest absolute Gasteiger partial charge is 0.493 e.